The molecule has 0 heterocycles. The molecule has 0 aliphatic rings. The predicted octanol–water partition coefficient (Wildman–Crippen LogP) is 3.13. The van der Waals surface area contributed by atoms with Crippen LogP contribution in [0.2, 0.25) is 0 Å². The molecule has 160 valence electrons. The van der Waals surface area contributed by atoms with Gasteiger partial charge in [0.1, 0.15) is 0 Å². The second-order valence-electron chi connectivity index (χ2n) is 6.64. The molecule has 2 rings (SSSR count). The van der Waals surface area contributed by atoms with Gasteiger partial charge in [0.2, 0.25) is 10.0 Å². The summed E-state index contributed by atoms with van der Waals surface area (Å²) >= 11 is 3.18. The van der Waals surface area contributed by atoms with Crippen molar-refractivity contribution >= 4 is 49.3 Å². The highest BCUT2D eigenvalue weighted by atomic mass is 79.9. The summed E-state index contributed by atoms with van der Waals surface area (Å²) in [5.74, 6) is -1.74. The zero-order valence-electron chi connectivity index (χ0n) is 16.6. The van der Waals surface area contributed by atoms with E-state index in [1.54, 1.807) is 38.1 Å². The first kappa shape index (κ1) is 23.7. The summed E-state index contributed by atoms with van der Waals surface area (Å²) in [6.07, 6.45) is 0. The first-order chi connectivity index (χ1) is 14.0. The molecule has 2 aromatic carbocycles. The molecule has 0 bridgehead atoms. The molecule has 0 spiro atoms. The number of hydrogen-bond donors (Lipinski definition) is 2. The van der Waals surface area contributed by atoms with E-state index in [0.717, 1.165) is 0 Å². The number of para-hydroxylation sites is 1. The van der Waals surface area contributed by atoms with Crippen LogP contribution in [-0.4, -0.2) is 38.7 Å². The van der Waals surface area contributed by atoms with Gasteiger partial charge in [0.25, 0.3) is 5.91 Å². The van der Waals surface area contributed by atoms with Gasteiger partial charge >= 0.3 is 5.97 Å². The van der Waals surface area contributed by atoms with Crippen molar-refractivity contribution in [2.75, 3.05) is 11.9 Å². The monoisotopic (exact) mass is 496 g/mol. The summed E-state index contributed by atoms with van der Waals surface area (Å²) in [4.78, 5) is 36.1. The number of amides is 1. The molecule has 0 radical (unpaired) electrons. The minimum atomic E-state index is -3.81. The van der Waals surface area contributed by atoms with Crippen LogP contribution in [0, 0.1) is 0 Å². The molecule has 0 atom stereocenters. The first-order valence-electron chi connectivity index (χ1n) is 8.90. The van der Waals surface area contributed by atoms with Crippen LogP contribution in [0.25, 0.3) is 0 Å². The van der Waals surface area contributed by atoms with E-state index >= 15 is 0 Å². The number of nitrogens with one attached hydrogen (secondary N) is 2. The number of carbonyl (C=O) groups excluding carboxylic acids is 3. The molecule has 0 aliphatic heterocycles. The molecule has 0 saturated carbocycles. The number of carbonyl (C=O) groups is 3. The van der Waals surface area contributed by atoms with Gasteiger partial charge in [-0.15, -0.1) is 0 Å². The van der Waals surface area contributed by atoms with Crippen LogP contribution in [0.15, 0.2) is 51.8 Å². The van der Waals surface area contributed by atoms with E-state index in [-0.39, 0.29) is 22.3 Å². The second kappa shape index (κ2) is 9.96. The quantitative estimate of drug-likeness (QED) is 0.428. The van der Waals surface area contributed by atoms with Crippen molar-refractivity contribution in [2.24, 2.45) is 0 Å². The van der Waals surface area contributed by atoms with Crippen molar-refractivity contribution in [3.63, 3.8) is 0 Å². The van der Waals surface area contributed by atoms with Gasteiger partial charge in [-0.05, 0) is 67.0 Å². The van der Waals surface area contributed by atoms with E-state index in [1.807, 2.05) is 0 Å². The number of Topliss-reactive ketones (excluding diaryl/α,β-unsaturated/α-hetero) is 1. The van der Waals surface area contributed by atoms with Crippen molar-refractivity contribution in [2.45, 2.75) is 31.7 Å². The summed E-state index contributed by atoms with van der Waals surface area (Å²) in [7, 11) is -3.81. The molecular weight excluding hydrogens is 476 g/mol. The van der Waals surface area contributed by atoms with Crippen molar-refractivity contribution in [3.05, 3.63) is 58.1 Å². The van der Waals surface area contributed by atoms with Crippen molar-refractivity contribution in [1.82, 2.24) is 4.72 Å². The molecule has 0 aromatic heterocycles. The maximum absolute atomic E-state index is 12.4. The zero-order valence-corrected chi connectivity index (χ0v) is 19.0. The topological polar surface area (TPSA) is 119 Å². The standard InChI is InChI=1S/C20H21BrN2O6S/c1-12(2)23-30(27,28)14-8-9-17(21)16(10-14)20(26)29-11-19(25)22-18-7-5-4-6-15(18)13(3)24/h4-10,12,23H,11H2,1-3H3,(H,22,25). The van der Waals surface area contributed by atoms with E-state index in [4.69, 9.17) is 4.74 Å². The molecule has 10 heteroatoms. The van der Waals surface area contributed by atoms with Crippen molar-refractivity contribution in [3.8, 4) is 0 Å². The van der Waals surface area contributed by atoms with Crippen LogP contribution in [0.4, 0.5) is 5.69 Å². The Bertz CT molecular complexity index is 1080. The average Bonchev–Trinajstić information content (AvgIpc) is 2.65. The van der Waals surface area contributed by atoms with Gasteiger partial charge in [-0.2, -0.15) is 0 Å². The van der Waals surface area contributed by atoms with Crippen LogP contribution < -0.4 is 10.0 Å². The summed E-state index contributed by atoms with van der Waals surface area (Å²) in [5, 5.41) is 2.52. The lowest BCUT2D eigenvalue weighted by Gasteiger charge is -2.12. The van der Waals surface area contributed by atoms with Crippen molar-refractivity contribution in [1.29, 1.82) is 0 Å². The van der Waals surface area contributed by atoms with Crippen LogP contribution >= 0.6 is 15.9 Å². The highest BCUT2D eigenvalue weighted by molar-refractivity contribution is 9.10. The molecule has 0 fully saturated rings. The minimum Gasteiger partial charge on any atom is -0.452 e. The fraction of sp³-hybridized carbons (Fsp3) is 0.250. The highest BCUT2D eigenvalue weighted by Gasteiger charge is 2.21. The minimum absolute atomic E-state index is 0.0430. The predicted molar refractivity (Wildman–Crippen MR) is 115 cm³/mol. The molecule has 0 saturated heterocycles. The Balaban J connectivity index is 2.11. The van der Waals surface area contributed by atoms with E-state index in [9.17, 15) is 22.8 Å². The molecule has 0 unspecified atom stereocenters. The summed E-state index contributed by atoms with van der Waals surface area (Å²) in [6, 6.07) is 10.0. The van der Waals surface area contributed by atoms with Gasteiger partial charge in [-0.25, -0.2) is 17.9 Å². The molecule has 1 amide bonds. The number of ether oxygens (including phenoxy) is 1. The van der Waals surface area contributed by atoms with Crippen LogP contribution in [-0.2, 0) is 19.6 Å². The van der Waals surface area contributed by atoms with E-state index < -0.39 is 28.5 Å². The Morgan fingerprint density at radius 1 is 1.07 bits per heavy atom. The molecular formula is C20H21BrN2O6S. The molecule has 30 heavy (non-hydrogen) atoms. The largest absolute Gasteiger partial charge is 0.452 e. The Hall–Kier alpha value is -2.56. The number of esters is 1. The van der Waals surface area contributed by atoms with E-state index in [1.165, 1.54) is 25.1 Å². The fourth-order valence-corrected chi connectivity index (χ4v) is 4.19. The van der Waals surface area contributed by atoms with Crippen LogP contribution in [0.5, 0.6) is 0 Å². The molecule has 0 aliphatic carbocycles. The first-order valence-corrected chi connectivity index (χ1v) is 11.2. The third-order valence-corrected chi connectivity index (χ3v) is 6.12. The molecule has 8 nitrogen and oxygen atoms in total. The second-order valence-corrected chi connectivity index (χ2v) is 9.21. The van der Waals surface area contributed by atoms with Gasteiger partial charge in [0.15, 0.2) is 12.4 Å². The number of ketones is 1. The Morgan fingerprint density at radius 3 is 2.37 bits per heavy atom. The van der Waals surface area contributed by atoms with E-state index in [2.05, 4.69) is 26.0 Å². The SMILES string of the molecule is CC(=O)c1ccccc1NC(=O)COC(=O)c1cc(S(=O)(=O)NC(C)C)ccc1Br. The number of hydrogen-bond acceptors (Lipinski definition) is 6. The molecule has 2 aromatic rings. The number of sulfonamides is 1. The third-order valence-electron chi connectivity index (χ3n) is 3.77. The van der Waals surface area contributed by atoms with Gasteiger partial charge < -0.3 is 10.1 Å². The van der Waals surface area contributed by atoms with Gasteiger partial charge in [-0.1, -0.05) is 12.1 Å². The number of halogens is 1. The zero-order chi connectivity index (χ0) is 22.5. The van der Waals surface area contributed by atoms with E-state index in [0.29, 0.717) is 15.7 Å². The number of rotatable bonds is 8. The Morgan fingerprint density at radius 2 is 1.73 bits per heavy atom. The lowest BCUT2D eigenvalue weighted by molar-refractivity contribution is -0.119. The van der Waals surface area contributed by atoms with Crippen LogP contribution in [0.3, 0.4) is 0 Å². The maximum atomic E-state index is 12.4. The number of benzene rings is 2. The smallest absolute Gasteiger partial charge is 0.339 e. The highest BCUT2D eigenvalue weighted by Crippen LogP contribution is 2.22. The fourth-order valence-electron chi connectivity index (χ4n) is 2.50. The Kier molecular flexibility index (Phi) is 7.88. The van der Waals surface area contributed by atoms with Crippen molar-refractivity contribution < 1.29 is 27.5 Å². The summed E-state index contributed by atoms with van der Waals surface area (Å²) < 4.78 is 32.4. The molecule has 2 N–H and O–H groups in total. The van der Waals surface area contributed by atoms with Gasteiger partial charge in [-0.3, -0.25) is 9.59 Å². The maximum Gasteiger partial charge on any atom is 0.339 e. The summed E-state index contributed by atoms with van der Waals surface area (Å²) in [5.41, 5.74) is 0.592. The lowest BCUT2D eigenvalue weighted by atomic mass is 10.1. The van der Waals surface area contributed by atoms with Gasteiger partial charge in [0, 0.05) is 16.1 Å². The van der Waals surface area contributed by atoms with Gasteiger partial charge in [0.05, 0.1) is 16.1 Å². The summed E-state index contributed by atoms with van der Waals surface area (Å²) in [6.45, 7) is 4.11. The third kappa shape index (κ3) is 6.22. The number of anilines is 1. The Labute approximate surface area is 183 Å². The lowest BCUT2D eigenvalue weighted by Crippen LogP contribution is -2.30. The normalized spacial score (nSPS) is 11.2. The van der Waals surface area contributed by atoms with Crippen LogP contribution in [0.1, 0.15) is 41.5 Å². The average molecular weight is 497 g/mol.